The van der Waals surface area contributed by atoms with Crippen molar-refractivity contribution in [3.05, 3.63) is 58.2 Å². The van der Waals surface area contributed by atoms with Gasteiger partial charge in [-0.05, 0) is 54.2 Å². The zero-order valence-electron chi connectivity index (χ0n) is 16.1. The standard InChI is InChI=1S/C23H27ClN2O/c1-23(2)13-18(15-27)19-12-20(24)22(25-21(19)14-23)26-10-8-17(9-11-26)16-6-4-3-5-7-16/h3-7,12,15,17-18H,8-11,13-14H2,1-2H3. The molecule has 2 aromatic rings. The normalized spacial score (nSPS) is 22.3. The predicted octanol–water partition coefficient (Wildman–Crippen LogP) is 5.37. The lowest BCUT2D eigenvalue weighted by Gasteiger charge is -2.37. The first-order valence-electron chi connectivity index (χ1n) is 9.91. The van der Waals surface area contributed by atoms with Crippen LogP contribution in [0.15, 0.2) is 36.4 Å². The molecule has 3 nitrogen and oxygen atoms in total. The van der Waals surface area contributed by atoms with Crippen LogP contribution in [-0.4, -0.2) is 24.4 Å². The number of halogens is 1. The Balaban J connectivity index is 1.56. The Morgan fingerprint density at radius 1 is 1.19 bits per heavy atom. The highest BCUT2D eigenvalue weighted by Gasteiger charge is 2.34. The van der Waals surface area contributed by atoms with Gasteiger partial charge in [-0.1, -0.05) is 55.8 Å². The van der Waals surface area contributed by atoms with Crippen molar-refractivity contribution in [2.45, 2.75) is 51.4 Å². The van der Waals surface area contributed by atoms with E-state index in [2.05, 4.69) is 49.1 Å². The summed E-state index contributed by atoms with van der Waals surface area (Å²) in [7, 11) is 0. The third-order valence-corrected chi connectivity index (χ3v) is 6.40. The Bertz CT molecular complexity index is 826. The second-order valence-corrected chi connectivity index (χ2v) is 9.20. The minimum Gasteiger partial charge on any atom is -0.355 e. The lowest BCUT2D eigenvalue weighted by atomic mass is 9.71. The third kappa shape index (κ3) is 3.75. The fourth-order valence-electron chi connectivity index (χ4n) is 4.72. The van der Waals surface area contributed by atoms with E-state index in [1.54, 1.807) is 0 Å². The molecule has 4 rings (SSSR count). The number of carbonyl (C=O) groups excluding carboxylic acids is 1. The molecule has 142 valence electrons. The number of carbonyl (C=O) groups is 1. The first-order chi connectivity index (χ1) is 13.0. The minimum absolute atomic E-state index is 0.0911. The molecule has 2 heterocycles. The summed E-state index contributed by atoms with van der Waals surface area (Å²) in [6.07, 6.45) is 5.05. The van der Waals surface area contributed by atoms with Crippen LogP contribution < -0.4 is 4.90 Å². The molecule has 0 saturated carbocycles. The van der Waals surface area contributed by atoms with Crippen molar-refractivity contribution in [1.29, 1.82) is 0 Å². The molecule has 1 saturated heterocycles. The van der Waals surface area contributed by atoms with Gasteiger partial charge < -0.3 is 9.69 Å². The Morgan fingerprint density at radius 2 is 1.89 bits per heavy atom. The lowest BCUT2D eigenvalue weighted by Crippen LogP contribution is -2.35. The van der Waals surface area contributed by atoms with Crippen LogP contribution in [0, 0.1) is 5.41 Å². The molecule has 1 fully saturated rings. The van der Waals surface area contributed by atoms with Gasteiger partial charge in [0.15, 0.2) is 0 Å². The van der Waals surface area contributed by atoms with Gasteiger partial charge in [0.25, 0.3) is 0 Å². The molecule has 2 aliphatic rings. The van der Waals surface area contributed by atoms with E-state index in [-0.39, 0.29) is 11.3 Å². The van der Waals surface area contributed by atoms with Crippen LogP contribution in [0.2, 0.25) is 5.02 Å². The van der Waals surface area contributed by atoms with Gasteiger partial charge in [-0.2, -0.15) is 0 Å². The highest BCUT2D eigenvalue weighted by Crippen LogP contribution is 2.43. The maximum Gasteiger partial charge on any atom is 0.147 e. The Morgan fingerprint density at radius 3 is 2.56 bits per heavy atom. The number of piperidine rings is 1. The molecule has 1 aliphatic heterocycles. The van der Waals surface area contributed by atoms with E-state index in [1.807, 2.05) is 6.07 Å². The average Bonchev–Trinajstić information content (AvgIpc) is 2.68. The third-order valence-electron chi connectivity index (χ3n) is 6.12. The number of hydrogen-bond donors (Lipinski definition) is 0. The molecular formula is C23H27ClN2O. The smallest absolute Gasteiger partial charge is 0.147 e. The van der Waals surface area contributed by atoms with Gasteiger partial charge in [0.2, 0.25) is 0 Å². The number of aromatic nitrogens is 1. The molecule has 27 heavy (non-hydrogen) atoms. The SMILES string of the molecule is CC1(C)Cc2nc(N3CCC(c4ccccc4)CC3)c(Cl)cc2C(C=O)C1. The number of hydrogen-bond acceptors (Lipinski definition) is 3. The van der Waals surface area contributed by atoms with Crippen LogP contribution in [0.3, 0.4) is 0 Å². The first-order valence-corrected chi connectivity index (χ1v) is 10.3. The van der Waals surface area contributed by atoms with Crippen molar-refractivity contribution in [2.24, 2.45) is 5.41 Å². The average molecular weight is 383 g/mol. The Labute approximate surface area is 166 Å². The van der Waals surface area contributed by atoms with Gasteiger partial charge in [0, 0.05) is 24.7 Å². The summed E-state index contributed by atoms with van der Waals surface area (Å²) in [5.41, 5.74) is 3.60. The van der Waals surface area contributed by atoms with Crippen LogP contribution in [0.25, 0.3) is 0 Å². The number of pyridine rings is 1. The molecular weight excluding hydrogens is 356 g/mol. The maximum atomic E-state index is 11.6. The van der Waals surface area contributed by atoms with Crippen LogP contribution in [0.1, 0.15) is 61.8 Å². The zero-order chi connectivity index (χ0) is 19.0. The number of benzene rings is 1. The van der Waals surface area contributed by atoms with Gasteiger partial charge in [0.1, 0.15) is 12.1 Å². The Kier molecular flexibility index (Phi) is 4.98. The number of nitrogens with zero attached hydrogens (tertiary/aromatic N) is 2. The van der Waals surface area contributed by atoms with Gasteiger partial charge in [-0.3, -0.25) is 0 Å². The topological polar surface area (TPSA) is 33.2 Å². The molecule has 0 radical (unpaired) electrons. The van der Waals surface area contributed by atoms with Gasteiger partial charge in [0.05, 0.1) is 5.02 Å². The highest BCUT2D eigenvalue weighted by atomic mass is 35.5. The van der Waals surface area contributed by atoms with E-state index >= 15 is 0 Å². The molecule has 1 aliphatic carbocycles. The molecule has 1 unspecified atom stereocenters. The number of anilines is 1. The number of fused-ring (bicyclic) bond motifs is 1. The summed E-state index contributed by atoms with van der Waals surface area (Å²) in [4.78, 5) is 18.9. The fraction of sp³-hybridized carbons (Fsp3) is 0.478. The van der Waals surface area contributed by atoms with E-state index in [0.717, 1.165) is 62.1 Å². The van der Waals surface area contributed by atoms with Crippen molar-refractivity contribution >= 4 is 23.7 Å². The van der Waals surface area contributed by atoms with Crippen molar-refractivity contribution in [2.75, 3.05) is 18.0 Å². The summed E-state index contributed by atoms with van der Waals surface area (Å²) >= 11 is 6.62. The molecule has 1 aromatic heterocycles. The van der Waals surface area contributed by atoms with Crippen molar-refractivity contribution in [3.63, 3.8) is 0 Å². The fourth-order valence-corrected chi connectivity index (χ4v) is 5.00. The molecule has 4 heteroatoms. The van der Waals surface area contributed by atoms with Crippen molar-refractivity contribution in [3.8, 4) is 0 Å². The summed E-state index contributed by atoms with van der Waals surface area (Å²) in [6, 6.07) is 12.8. The second-order valence-electron chi connectivity index (χ2n) is 8.79. The summed E-state index contributed by atoms with van der Waals surface area (Å²) in [6.45, 7) is 6.36. The summed E-state index contributed by atoms with van der Waals surface area (Å²) in [5.74, 6) is 1.41. The van der Waals surface area contributed by atoms with Crippen LogP contribution >= 0.6 is 11.6 Å². The molecule has 0 spiro atoms. The van der Waals surface area contributed by atoms with Gasteiger partial charge >= 0.3 is 0 Å². The Hall–Kier alpha value is -1.87. The molecule has 1 atom stereocenters. The van der Waals surface area contributed by atoms with Crippen LogP contribution in [0.4, 0.5) is 5.82 Å². The summed E-state index contributed by atoms with van der Waals surface area (Å²) in [5, 5.41) is 0.679. The van der Waals surface area contributed by atoms with E-state index in [4.69, 9.17) is 16.6 Å². The molecule has 0 N–H and O–H groups in total. The predicted molar refractivity (Wildman–Crippen MR) is 111 cm³/mol. The van der Waals surface area contributed by atoms with Crippen molar-refractivity contribution in [1.82, 2.24) is 4.98 Å². The second kappa shape index (κ2) is 7.27. The largest absolute Gasteiger partial charge is 0.355 e. The minimum atomic E-state index is -0.0911. The van der Waals surface area contributed by atoms with E-state index in [0.29, 0.717) is 10.9 Å². The number of aldehydes is 1. The van der Waals surface area contributed by atoms with E-state index in [9.17, 15) is 4.79 Å². The van der Waals surface area contributed by atoms with Crippen LogP contribution in [0.5, 0.6) is 0 Å². The number of rotatable bonds is 3. The van der Waals surface area contributed by atoms with E-state index < -0.39 is 0 Å². The molecule has 0 bridgehead atoms. The van der Waals surface area contributed by atoms with Crippen molar-refractivity contribution < 1.29 is 4.79 Å². The quantitative estimate of drug-likeness (QED) is 0.668. The maximum absolute atomic E-state index is 11.6. The molecule has 1 aromatic carbocycles. The zero-order valence-corrected chi connectivity index (χ0v) is 16.9. The first kappa shape index (κ1) is 18.5. The lowest BCUT2D eigenvalue weighted by molar-refractivity contribution is -0.109. The highest BCUT2D eigenvalue weighted by molar-refractivity contribution is 6.33. The summed E-state index contributed by atoms with van der Waals surface area (Å²) < 4.78 is 0. The van der Waals surface area contributed by atoms with Gasteiger partial charge in [-0.15, -0.1) is 0 Å². The van der Waals surface area contributed by atoms with E-state index in [1.165, 1.54) is 5.56 Å². The van der Waals surface area contributed by atoms with Gasteiger partial charge in [-0.25, -0.2) is 4.98 Å². The molecule has 0 amide bonds. The monoisotopic (exact) mass is 382 g/mol. The van der Waals surface area contributed by atoms with Crippen LogP contribution in [-0.2, 0) is 11.2 Å².